The number of hydrogen-bond acceptors (Lipinski definition) is 7. The molecule has 0 N–H and O–H groups in total. The van der Waals surface area contributed by atoms with Crippen LogP contribution in [-0.4, -0.2) is 64.2 Å². The standard InChI is InChI=1S/C24H26N2O5/c1-26(2)9-6-10-31-24-22-15-8-7-14(28-3)11-16(15)23(27)21(22)17-12-19(29-4)20(30-5)13-18(17)25-24/h7-8,11-13H,6,9-10H2,1-5H3. The van der Waals surface area contributed by atoms with Crippen LogP contribution in [-0.2, 0) is 0 Å². The third-order valence-corrected chi connectivity index (χ3v) is 5.41. The lowest BCUT2D eigenvalue weighted by Crippen LogP contribution is -2.16. The van der Waals surface area contributed by atoms with Gasteiger partial charge in [0.05, 0.1) is 39.0 Å². The van der Waals surface area contributed by atoms with Gasteiger partial charge in [-0.2, -0.15) is 0 Å². The molecular weight excluding hydrogens is 396 g/mol. The minimum absolute atomic E-state index is 0.0818. The van der Waals surface area contributed by atoms with Crippen LogP contribution in [0.15, 0.2) is 30.3 Å². The molecule has 0 atom stereocenters. The largest absolute Gasteiger partial charge is 0.497 e. The predicted molar refractivity (Wildman–Crippen MR) is 119 cm³/mol. The van der Waals surface area contributed by atoms with E-state index in [1.54, 1.807) is 39.5 Å². The van der Waals surface area contributed by atoms with Crippen molar-refractivity contribution in [1.82, 2.24) is 9.88 Å². The van der Waals surface area contributed by atoms with E-state index in [-0.39, 0.29) is 5.78 Å². The van der Waals surface area contributed by atoms with Gasteiger partial charge in [0.15, 0.2) is 17.3 Å². The Morgan fingerprint density at radius 2 is 1.65 bits per heavy atom. The van der Waals surface area contributed by atoms with Gasteiger partial charge in [-0.25, -0.2) is 4.98 Å². The molecule has 1 aromatic heterocycles. The maximum absolute atomic E-state index is 13.5. The van der Waals surface area contributed by atoms with Crippen LogP contribution in [0.4, 0.5) is 0 Å². The number of carbonyl (C=O) groups is 1. The van der Waals surface area contributed by atoms with Gasteiger partial charge in [-0.05, 0) is 50.3 Å². The monoisotopic (exact) mass is 422 g/mol. The van der Waals surface area contributed by atoms with Gasteiger partial charge in [0.1, 0.15) is 5.75 Å². The van der Waals surface area contributed by atoms with Crippen molar-refractivity contribution in [2.45, 2.75) is 6.42 Å². The Morgan fingerprint density at radius 3 is 2.32 bits per heavy atom. The topological polar surface area (TPSA) is 70.1 Å². The SMILES string of the molecule is COc1ccc2c(c1)C(=O)c1c-2c(OCCCN(C)C)nc2cc(OC)c(OC)cc12. The molecule has 7 heteroatoms. The van der Waals surface area contributed by atoms with E-state index >= 15 is 0 Å². The van der Waals surface area contributed by atoms with Gasteiger partial charge in [0.25, 0.3) is 0 Å². The van der Waals surface area contributed by atoms with Crippen molar-refractivity contribution in [3.63, 3.8) is 0 Å². The van der Waals surface area contributed by atoms with Crippen molar-refractivity contribution >= 4 is 16.7 Å². The molecule has 0 fully saturated rings. The molecule has 1 aliphatic rings. The van der Waals surface area contributed by atoms with Crippen molar-refractivity contribution in [3.05, 3.63) is 41.5 Å². The van der Waals surface area contributed by atoms with Crippen LogP contribution >= 0.6 is 0 Å². The second kappa shape index (κ2) is 8.43. The first-order valence-corrected chi connectivity index (χ1v) is 10.1. The Kier molecular flexibility index (Phi) is 5.69. The van der Waals surface area contributed by atoms with Gasteiger partial charge in [0.2, 0.25) is 5.88 Å². The first-order valence-electron chi connectivity index (χ1n) is 10.1. The molecule has 31 heavy (non-hydrogen) atoms. The van der Waals surface area contributed by atoms with Crippen LogP contribution in [0, 0.1) is 0 Å². The molecule has 7 nitrogen and oxygen atoms in total. The number of fused-ring (bicyclic) bond motifs is 5. The Labute approximate surface area is 181 Å². The minimum Gasteiger partial charge on any atom is -0.497 e. The quantitative estimate of drug-likeness (QED) is 0.400. The lowest BCUT2D eigenvalue weighted by atomic mass is 10.0. The molecule has 3 aromatic rings. The number of carbonyl (C=O) groups excluding carboxylic acids is 1. The van der Waals surface area contributed by atoms with Crippen LogP contribution < -0.4 is 18.9 Å². The molecule has 0 saturated carbocycles. The molecular formula is C24H26N2O5. The van der Waals surface area contributed by atoms with Gasteiger partial charge in [-0.1, -0.05) is 0 Å². The summed E-state index contributed by atoms with van der Waals surface area (Å²) >= 11 is 0. The van der Waals surface area contributed by atoms with Crippen molar-refractivity contribution in [3.8, 4) is 34.3 Å². The van der Waals surface area contributed by atoms with Gasteiger partial charge < -0.3 is 23.8 Å². The molecule has 0 saturated heterocycles. The summed E-state index contributed by atoms with van der Waals surface area (Å²) in [6, 6.07) is 9.07. The smallest absolute Gasteiger partial charge is 0.222 e. The number of pyridine rings is 1. The number of ketones is 1. The molecule has 162 valence electrons. The zero-order chi connectivity index (χ0) is 22.1. The maximum atomic E-state index is 13.5. The van der Waals surface area contributed by atoms with Crippen molar-refractivity contribution < 1.29 is 23.7 Å². The van der Waals surface area contributed by atoms with Crippen LogP contribution in [0.25, 0.3) is 22.0 Å². The normalized spacial score (nSPS) is 12.1. The Balaban J connectivity index is 1.91. The van der Waals surface area contributed by atoms with Gasteiger partial charge in [0, 0.05) is 29.1 Å². The van der Waals surface area contributed by atoms with E-state index in [0.717, 1.165) is 18.5 Å². The van der Waals surface area contributed by atoms with E-state index in [1.807, 2.05) is 26.2 Å². The van der Waals surface area contributed by atoms with Gasteiger partial charge >= 0.3 is 0 Å². The highest BCUT2D eigenvalue weighted by Gasteiger charge is 2.34. The lowest BCUT2D eigenvalue weighted by molar-refractivity contribution is 0.104. The maximum Gasteiger partial charge on any atom is 0.222 e. The second-order valence-electron chi connectivity index (χ2n) is 7.64. The fraction of sp³-hybridized carbons (Fsp3) is 0.333. The molecule has 0 unspecified atom stereocenters. The molecule has 4 rings (SSSR count). The number of hydrogen-bond donors (Lipinski definition) is 0. The highest BCUT2D eigenvalue weighted by atomic mass is 16.5. The van der Waals surface area contributed by atoms with Crippen molar-refractivity contribution in [2.24, 2.45) is 0 Å². The zero-order valence-corrected chi connectivity index (χ0v) is 18.4. The number of methoxy groups -OCH3 is 3. The number of benzene rings is 2. The highest BCUT2D eigenvalue weighted by molar-refractivity contribution is 6.28. The summed E-state index contributed by atoms with van der Waals surface area (Å²) in [5, 5.41) is 0.702. The van der Waals surface area contributed by atoms with E-state index in [9.17, 15) is 4.79 Å². The summed E-state index contributed by atoms with van der Waals surface area (Å²) < 4.78 is 22.3. The summed E-state index contributed by atoms with van der Waals surface area (Å²) in [4.78, 5) is 20.3. The summed E-state index contributed by atoms with van der Waals surface area (Å²) in [6.45, 7) is 1.39. The molecule has 0 aliphatic heterocycles. The summed E-state index contributed by atoms with van der Waals surface area (Å²) in [7, 11) is 8.77. The van der Waals surface area contributed by atoms with Gasteiger partial charge in [-0.15, -0.1) is 0 Å². The first kappa shape index (κ1) is 20.9. The molecule has 1 aliphatic carbocycles. The average Bonchev–Trinajstić information content (AvgIpc) is 3.07. The van der Waals surface area contributed by atoms with E-state index in [4.69, 9.17) is 23.9 Å². The summed E-state index contributed by atoms with van der Waals surface area (Å²) in [6.07, 6.45) is 0.844. The third-order valence-electron chi connectivity index (χ3n) is 5.41. The molecule has 0 radical (unpaired) electrons. The number of ether oxygens (including phenoxy) is 4. The zero-order valence-electron chi connectivity index (χ0n) is 18.4. The molecule has 0 spiro atoms. The average molecular weight is 422 g/mol. The predicted octanol–water partition coefficient (Wildman–Crippen LogP) is 3.80. The summed E-state index contributed by atoms with van der Waals surface area (Å²) in [5.74, 6) is 2.09. The Morgan fingerprint density at radius 1 is 0.903 bits per heavy atom. The lowest BCUT2D eigenvalue weighted by Gasteiger charge is -2.15. The highest BCUT2D eigenvalue weighted by Crippen LogP contribution is 2.47. The van der Waals surface area contributed by atoms with Crippen LogP contribution in [0.3, 0.4) is 0 Å². The second-order valence-corrected chi connectivity index (χ2v) is 7.64. The third kappa shape index (κ3) is 3.65. The van der Waals surface area contributed by atoms with E-state index < -0.39 is 0 Å². The van der Waals surface area contributed by atoms with Crippen LogP contribution in [0.1, 0.15) is 22.3 Å². The Hall–Kier alpha value is -3.32. The van der Waals surface area contributed by atoms with E-state index in [2.05, 4.69) is 4.90 Å². The van der Waals surface area contributed by atoms with Crippen molar-refractivity contribution in [2.75, 3.05) is 48.6 Å². The fourth-order valence-electron chi connectivity index (χ4n) is 3.90. The molecule has 0 bridgehead atoms. The van der Waals surface area contributed by atoms with Crippen LogP contribution in [0.5, 0.6) is 23.1 Å². The van der Waals surface area contributed by atoms with E-state index in [0.29, 0.717) is 57.3 Å². The molecule has 0 amide bonds. The van der Waals surface area contributed by atoms with E-state index in [1.165, 1.54) is 0 Å². The van der Waals surface area contributed by atoms with Crippen molar-refractivity contribution in [1.29, 1.82) is 0 Å². The van der Waals surface area contributed by atoms with Crippen LogP contribution in [0.2, 0.25) is 0 Å². The molecule has 2 aromatic carbocycles. The Bertz CT molecular complexity index is 1160. The minimum atomic E-state index is -0.0818. The number of rotatable bonds is 8. The summed E-state index contributed by atoms with van der Waals surface area (Å²) in [5.41, 5.74) is 3.28. The number of aromatic nitrogens is 1. The number of nitrogens with zero attached hydrogens (tertiary/aromatic N) is 2. The fourth-order valence-corrected chi connectivity index (χ4v) is 3.90. The first-order chi connectivity index (χ1) is 15.0. The van der Waals surface area contributed by atoms with Gasteiger partial charge in [-0.3, -0.25) is 4.79 Å². The molecule has 1 heterocycles.